The van der Waals surface area contributed by atoms with Gasteiger partial charge < -0.3 is 19.7 Å². The normalized spacial score (nSPS) is 7.83. The highest BCUT2D eigenvalue weighted by molar-refractivity contribution is 4.57. The van der Waals surface area contributed by atoms with E-state index in [1.165, 1.54) is 12.5 Å². The molecule has 0 fully saturated rings. The van der Waals surface area contributed by atoms with Crippen LogP contribution in [0, 0.1) is 0 Å². The summed E-state index contributed by atoms with van der Waals surface area (Å²) in [5.41, 5.74) is 0. The molecule has 4 nitrogen and oxygen atoms in total. The first-order valence-electron chi connectivity index (χ1n) is 3.50. The second kappa shape index (κ2) is 16.6. The lowest BCUT2D eigenvalue weighted by Crippen LogP contribution is -2.03. The summed E-state index contributed by atoms with van der Waals surface area (Å²) >= 11 is 0. The molecule has 0 rings (SSSR count). The van der Waals surface area contributed by atoms with Crippen LogP contribution in [-0.4, -0.2) is 36.6 Å². The lowest BCUT2D eigenvalue weighted by Gasteiger charge is -1.94. The van der Waals surface area contributed by atoms with Crippen molar-refractivity contribution in [3.63, 3.8) is 0 Å². The van der Waals surface area contributed by atoms with Crippen molar-refractivity contribution in [3.05, 3.63) is 25.7 Å². The molecule has 0 heterocycles. The summed E-state index contributed by atoms with van der Waals surface area (Å²) in [4.78, 5) is 0. The zero-order valence-electron chi connectivity index (χ0n) is 7.11. The van der Waals surface area contributed by atoms with Crippen LogP contribution in [0.15, 0.2) is 25.7 Å². The van der Waals surface area contributed by atoms with Crippen molar-refractivity contribution in [1.82, 2.24) is 0 Å². The Kier molecular flexibility index (Phi) is 19.0. The lowest BCUT2D eigenvalue weighted by molar-refractivity contribution is 0.0650. The van der Waals surface area contributed by atoms with Gasteiger partial charge in [-0.1, -0.05) is 13.2 Å². The number of rotatable bonds is 6. The van der Waals surface area contributed by atoms with Crippen molar-refractivity contribution in [2.24, 2.45) is 0 Å². The van der Waals surface area contributed by atoms with Crippen LogP contribution in [0.1, 0.15) is 0 Å². The molecule has 72 valence electrons. The molecule has 0 aliphatic carbocycles. The molecule has 0 bridgehead atoms. The molecule has 12 heavy (non-hydrogen) atoms. The molecule has 2 N–H and O–H groups in total. The first kappa shape index (κ1) is 13.7. The van der Waals surface area contributed by atoms with E-state index in [0.717, 1.165) is 0 Å². The molecule has 0 saturated carbocycles. The summed E-state index contributed by atoms with van der Waals surface area (Å²) in [7, 11) is 0. The second-order valence-corrected chi connectivity index (χ2v) is 1.53. The van der Waals surface area contributed by atoms with Crippen molar-refractivity contribution in [2.45, 2.75) is 0 Å². The zero-order valence-corrected chi connectivity index (χ0v) is 7.11. The van der Waals surface area contributed by atoms with Gasteiger partial charge in [-0.2, -0.15) is 0 Å². The first-order chi connectivity index (χ1) is 5.83. The molecule has 0 aliphatic heterocycles. The first-order valence-corrected chi connectivity index (χ1v) is 3.50. The van der Waals surface area contributed by atoms with Crippen LogP contribution in [0.4, 0.5) is 0 Å². The summed E-state index contributed by atoms with van der Waals surface area (Å²) < 4.78 is 8.99. The molecule has 0 saturated heterocycles. The van der Waals surface area contributed by atoms with E-state index in [2.05, 4.69) is 22.6 Å². The fourth-order valence-electron chi connectivity index (χ4n) is 0.299. The fraction of sp³-hybridized carbons (Fsp3) is 0.500. The van der Waals surface area contributed by atoms with Crippen LogP contribution in [0.2, 0.25) is 0 Å². The van der Waals surface area contributed by atoms with Gasteiger partial charge in [0, 0.05) is 0 Å². The van der Waals surface area contributed by atoms with Gasteiger partial charge in [0.25, 0.3) is 0 Å². The Morgan fingerprint density at radius 1 is 1.00 bits per heavy atom. The Balaban J connectivity index is 0. The van der Waals surface area contributed by atoms with Gasteiger partial charge in [0.05, 0.1) is 39.0 Å². The molecule has 0 aromatic carbocycles. The smallest absolute Gasteiger partial charge is 0.0829 e. The van der Waals surface area contributed by atoms with Crippen LogP contribution in [-0.2, 0) is 9.47 Å². The average molecular weight is 176 g/mol. The van der Waals surface area contributed by atoms with E-state index >= 15 is 0 Å². The molecule has 4 heteroatoms. The van der Waals surface area contributed by atoms with Crippen LogP contribution >= 0.6 is 0 Å². The summed E-state index contributed by atoms with van der Waals surface area (Å²) in [5, 5.41) is 16.2. The SMILES string of the molecule is C=COC=C.OCCOCCO. The summed E-state index contributed by atoms with van der Waals surface area (Å²) in [6, 6.07) is 0. The van der Waals surface area contributed by atoms with Gasteiger partial charge in [-0.25, -0.2) is 0 Å². The quantitative estimate of drug-likeness (QED) is 0.450. The monoisotopic (exact) mass is 176 g/mol. The largest absolute Gasteiger partial charge is 0.474 e. The Bertz CT molecular complexity index is 83.1. The highest BCUT2D eigenvalue weighted by Crippen LogP contribution is 1.68. The van der Waals surface area contributed by atoms with Gasteiger partial charge >= 0.3 is 0 Å². The van der Waals surface area contributed by atoms with Gasteiger partial charge in [-0.05, 0) is 0 Å². The number of hydrogen-bond acceptors (Lipinski definition) is 4. The highest BCUT2D eigenvalue weighted by Gasteiger charge is 1.79. The number of aliphatic hydroxyl groups excluding tert-OH is 2. The van der Waals surface area contributed by atoms with E-state index in [0.29, 0.717) is 13.2 Å². The third-order valence-electron chi connectivity index (χ3n) is 0.664. The highest BCUT2D eigenvalue weighted by atomic mass is 16.5. The molecule has 0 radical (unpaired) electrons. The Labute approximate surface area is 72.7 Å². The van der Waals surface area contributed by atoms with Crippen LogP contribution < -0.4 is 0 Å². The maximum Gasteiger partial charge on any atom is 0.0829 e. The maximum atomic E-state index is 8.09. The van der Waals surface area contributed by atoms with Crippen molar-refractivity contribution in [2.75, 3.05) is 26.4 Å². The van der Waals surface area contributed by atoms with Crippen molar-refractivity contribution in [3.8, 4) is 0 Å². The van der Waals surface area contributed by atoms with Gasteiger partial charge in [-0.15, -0.1) is 0 Å². The van der Waals surface area contributed by atoms with Crippen molar-refractivity contribution in [1.29, 1.82) is 0 Å². The zero-order chi connectivity index (χ0) is 9.66. The molecular weight excluding hydrogens is 160 g/mol. The van der Waals surface area contributed by atoms with Crippen molar-refractivity contribution < 1.29 is 19.7 Å². The predicted molar refractivity (Wildman–Crippen MR) is 46.5 cm³/mol. The molecule has 0 atom stereocenters. The minimum atomic E-state index is 0.0278. The van der Waals surface area contributed by atoms with Gasteiger partial charge in [0.2, 0.25) is 0 Å². The third-order valence-corrected chi connectivity index (χ3v) is 0.664. The van der Waals surface area contributed by atoms with E-state index in [4.69, 9.17) is 10.2 Å². The molecule has 0 aromatic rings. The second-order valence-electron chi connectivity index (χ2n) is 1.53. The minimum Gasteiger partial charge on any atom is -0.474 e. The molecule has 0 unspecified atom stereocenters. The van der Waals surface area contributed by atoms with E-state index < -0.39 is 0 Å². The van der Waals surface area contributed by atoms with Gasteiger partial charge in [-0.3, -0.25) is 0 Å². The van der Waals surface area contributed by atoms with Crippen LogP contribution in [0.3, 0.4) is 0 Å². The van der Waals surface area contributed by atoms with Gasteiger partial charge in [0.1, 0.15) is 0 Å². The van der Waals surface area contributed by atoms with E-state index in [1.54, 1.807) is 0 Å². The van der Waals surface area contributed by atoms with Gasteiger partial charge in [0.15, 0.2) is 0 Å². The molecule has 0 spiro atoms. The number of aliphatic hydroxyl groups is 2. The van der Waals surface area contributed by atoms with Crippen LogP contribution in [0.25, 0.3) is 0 Å². The topological polar surface area (TPSA) is 58.9 Å². The summed E-state index contributed by atoms with van der Waals surface area (Å²) in [5.74, 6) is 0. The summed E-state index contributed by atoms with van der Waals surface area (Å²) in [6.45, 7) is 7.21. The third kappa shape index (κ3) is 22.9. The van der Waals surface area contributed by atoms with Crippen LogP contribution in [0.5, 0.6) is 0 Å². The average Bonchev–Trinajstić information content (AvgIpc) is 2.08. The Morgan fingerprint density at radius 3 is 1.58 bits per heavy atom. The van der Waals surface area contributed by atoms with Crippen molar-refractivity contribution >= 4 is 0 Å². The maximum absolute atomic E-state index is 8.09. The van der Waals surface area contributed by atoms with E-state index in [9.17, 15) is 0 Å². The molecule has 0 aromatic heterocycles. The number of ether oxygens (including phenoxy) is 2. The Hall–Kier alpha value is -0.840. The lowest BCUT2D eigenvalue weighted by atomic mass is 10.7. The molecular formula is C8H16O4. The predicted octanol–water partition coefficient (Wildman–Crippen LogP) is 0.278. The minimum absolute atomic E-state index is 0.0278. The molecule has 0 aliphatic rings. The number of hydrogen-bond donors (Lipinski definition) is 2. The Morgan fingerprint density at radius 2 is 1.42 bits per heavy atom. The molecule has 0 amide bonds. The van der Waals surface area contributed by atoms with E-state index in [-0.39, 0.29) is 13.2 Å². The summed E-state index contributed by atoms with van der Waals surface area (Å²) in [6.07, 6.45) is 2.62. The standard InChI is InChI=1S/C4H10O3.C4H6O/c5-1-3-7-4-2-6;1-3-5-4-2/h5-6H,1-4H2;3-4H,1-2H2. The fourth-order valence-corrected chi connectivity index (χ4v) is 0.299. The van der Waals surface area contributed by atoms with E-state index in [1.807, 2.05) is 0 Å².